The van der Waals surface area contributed by atoms with Crippen LogP contribution in [0.4, 0.5) is 13.2 Å². The van der Waals surface area contributed by atoms with Crippen molar-refractivity contribution in [1.82, 2.24) is 0 Å². The molecule has 0 aliphatic carbocycles. The van der Waals surface area contributed by atoms with E-state index < -0.39 is 17.4 Å². The summed E-state index contributed by atoms with van der Waals surface area (Å²) in [5.41, 5.74) is 1.83. The first kappa shape index (κ1) is 9.31. The maximum absolute atomic E-state index is 11.6. The highest BCUT2D eigenvalue weighted by Gasteiger charge is 2.36. The minimum atomic E-state index is -4.84. The largest absolute Gasteiger partial charge is 0.428 e. The van der Waals surface area contributed by atoms with Crippen molar-refractivity contribution in [2.24, 2.45) is 5.73 Å². The summed E-state index contributed by atoms with van der Waals surface area (Å²) in [5.74, 6) is 0. The predicted molar refractivity (Wildman–Crippen MR) is 28.5 cm³/mol. The van der Waals surface area contributed by atoms with Gasteiger partial charge in [0, 0.05) is 0 Å². The lowest BCUT2D eigenvalue weighted by atomic mass is 10.2. The Hall–Kier alpha value is -1.69. The number of nitriles is 2. The number of allylic oxidation sites excluding steroid dienone is 2. The Kier molecular flexibility index (Phi) is 2.48. The van der Waals surface area contributed by atoms with Crippen molar-refractivity contribution in [3.8, 4) is 12.1 Å². The first-order valence-corrected chi connectivity index (χ1v) is 2.30. The summed E-state index contributed by atoms with van der Waals surface area (Å²) in [7, 11) is 0. The van der Waals surface area contributed by atoms with Crippen LogP contribution in [0.5, 0.6) is 0 Å². The predicted octanol–water partition coefficient (Wildman–Crippen LogP) is 0.809. The molecule has 2 N–H and O–H groups in total. The second kappa shape index (κ2) is 2.93. The minimum Gasteiger partial charge on any atom is -0.389 e. The number of rotatable bonds is 0. The molecule has 0 radical (unpaired) electrons. The molecule has 0 atom stereocenters. The zero-order valence-corrected chi connectivity index (χ0v) is 5.11. The third-order valence-corrected chi connectivity index (χ3v) is 0.785. The molecule has 0 saturated carbocycles. The van der Waals surface area contributed by atoms with E-state index in [0.29, 0.717) is 0 Å². The Bertz CT molecular complexity index is 262. The molecule has 58 valence electrons. The van der Waals surface area contributed by atoms with E-state index in [1.165, 1.54) is 0 Å². The van der Waals surface area contributed by atoms with Crippen molar-refractivity contribution in [3.05, 3.63) is 11.3 Å². The number of hydrogen-bond acceptors (Lipinski definition) is 3. The second-order valence-corrected chi connectivity index (χ2v) is 1.51. The molecule has 0 aromatic heterocycles. The minimum absolute atomic E-state index is 0.800. The molecule has 0 rings (SSSR count). The third kappa shape index (κ3) is 2.18. The zero-order valence-electron chi connectivity index (χ0n) is 5.11. The molecule has 0 aliphatic heterocycles. The van der Waals surface area contributed by atoms with E-state index >= 15 is 0 Å². The highest BCUT2D eigenvalue weighted by molar-refractivity contribution is 5.37. The summed E-state index contributed by atoms with van der Waals surface area (Å²) in [6, 6.07) is 1.84. The van der Waals surface area contributed by atoms with Crippen molar-refractivity contribution in [2.75, 3.05) is 0 Å². The molecule has 0 saturated heterocycles. The van der Waals surface area contributed by atoms with Crippen LogP contribution in [0.25, 0.3) is 0 Å². The van der Waals surface area contributed by atoms with Gasteiger partial charge in [-0.15, -0.1) is 0 Å². The van der Waals surface area contributed by atoms with Gasteiger partial charge in [-0.3, -0.25) is 0 Å². The highest BCUT2D eigenvalue weighted by Crippen LogP contribution is 2.25. The van der Waals surface area contributed by atoms with Gasteiger partial charge in [0.05, 0.1) is 0 Å². The Morgan fingerprint density at radius 2 is 1.64 bits per heavy atom. The Labute approximate surface area is 60.1 Å². The van der Waals surface area contributed by atoms with Gasteiger partial charge >= 0.3 is 6.18 Å². The molecule has 0 bridgehead atoms. The maximum Gasteiger partial charge on any atom is 0.428 e. The molecule has 0 unspecified atom stereocenters. The molecule has 0 heterocycles. The summed E-state index contributed by atoms with van der Waals surface area (Å²) in [6.45, 7) is 0. The van der Waals surface area contributed by atoms with Crippen LogP contribution < -0.4 is 5.73 Å². The first-order chi connectivity index (χ1) is 4.93. The molecular formula is C5H2F3N3. The summed E-state index contributed by atoms with van der Waals surface area (Å²) in [6.07, 6.45) is -4.84. The van der Waals surface area contributed by atoms with Crippen LogP contribution in [-0.2, 0) is 0 Å². The van der Waals surface area contributed by atoms with Crippen molar-refractivity contribution < 1.29 is 13.2 Å². The van der Waals surface area contributed by atoms with Crippen LogP contribution in [0.1, 0.15) is 0 Å². The van der Waals surface area contributed by atoms with Gasteiger partial charge in [-0.1, -0.05) is 0 Å². The van der Waals surface area contributed by atoms with E-state index in [2.05, 4.69) is 5.73 Å². The topological polar surface area (TPSA) is 73.6 Å². The summed E-state index contributed by atoms with van der Waals surface area (Å²) < 4.78 is 34.9. The number of nitrogens with zero attached hydrogens (tertiary/aromatic N) is 2. The van der Waals surface area contributed by atoms with E-state index in [-0.39, 0.29) is 0 Å². The summed E-state index contributed by atoms with van der Waals surface area (Å²) in [5, 5.41) is 15.8. The van der Waals surface area contributed by atoms with Gasteiger partial charge in [-0.2, -0.15) is 23.7 Å². The quantitative estimate of drug-likeness (QED) is 0.534. The first-order valence-electron chi connectivity index (χ1n) is 2.30. The number of hydrogen-bond donors (Lipinski definition) is 1. The fraction of sp³-hybridized carbons (Fsp3) is 0.200. The van der Waals surface area contributed by atoms with Crippen molar-refractivity contribution in [2.45, 2.75) is 6.18 Å². The van der Waals surface area contributed by atoms with Crippen LogP contribution in [-0.4, -0.2) is 6.18 Å². The van der Waals surface area contributed by atoms with Gasteiger partial charge in [-0.25, -0.2) is 0 Å². The number of halogens is 3. The smallest absolute Gasteiger partial charge is 0.389 e. The van der Waals surface area contributed by atoms with Gasteiger partial charge in [0.2, 0.25) is 0 Å². The van der Waals surface area contributed by atoms with Crippen molar-refractivity contribution >= 4 is 0 Å². The van der Waals surface area contributed by atoms with Crippen molar-refractivity contribution in [1.29, 1.82) is 10.5 Å². The standard InChI is InChI=1S/C5H2F3N3/c6-5(7,8)3(1-9)4(11)2-10/h11H2/b4-3+. The average Bonchev–Trinajstić information content (AvgIpc) is 1.86. The number of nitrogens with two attached hydrogens (primary N) is 1. The molecule has 0 aromatic carbocycles. The molecule has 11 heavy (non-hydrogen) atoms. The number of alkyl halides is 3. The van der Waals surface area contributed by atoms with E-state index in [4.69, 9.17) is 10.5 Å². The molecule has 0 amide bonds. The van der Waals surface area contributed by atoms with E-state index in [9.17, 15) is 13.2 Å². The molecule has 0 aliphatic rings. The van der Waals surface area contributed by atoms with Crippen LogP contribution in [0, 0.1) is 22.7 Å². The fourth-order valence-electron chi connectivity index (χ4n) is 0.332. The van der Waals surface area contributed by atoms with Gasteiger partial charge in [0.25, 0.3) is 0 Å². The Balaban J connectivity index is 5.06. The average molecular weight is 161 g/mol. The molecule has 6 heteroatoms. The fourth-order valence-corrected chi connectivity index (χ4v) is 0.332. The van der Waals surface area contributed by atoms with Gasteiger partial charge in [-0.05, 0) is 0 Å². The Morgan fingerprint density at radius 3 is 1.73 bits per heavy atom. The third-order valence-electron chi connectivity index (χ3n) is 0.785. The second-order valence-electron chi connectivity index (χ2n) is 1.51. The SMILES string of the molecule is N#C/C(N)=C(/C#N)C(F)(F)F. The lowest BCUT2D eigenvalue weighted by Crippen LogP contribution is -2.15. The van der Waals surface area contributed by atoms with Gasteiger partial charge in [0.15, 0.2) is 5.57 Å². The molecular weight excluding hydrogens is 159 g/mol. The normalized spacial score (nSPS) is 12.8. The van der Waals surface area contributed by atoms with Crippen LogP contribution >= 0.6 is 0 Å². The van der Waals surface area contributed by atoms with E-state index in [0.717, 1.165) is 12.1 Å². The molecule has 0 fully saturated rings. The molecule has 3 nitrogen and oxygen atoms in total. The van der Waals surface area contributed by atoms with Crippen molar-refractivity contribution in [3.63, 3.8) is 0 Å². The zero-order chi connectivity index (χ0) is 9.07. The molecule has 0 spiro atoms. The summed E-state index contributed by atoms with van der Waals surface area (Å²) in [4.78, 5) is 0. The van der Waals surface area contributed by atoms with Gasteiger partial charge in [0.1, 0.15) is 17.8 Å². The van der Waals surface area contributed by atoms with E-state index in [1.807, 2.05) is 0 Å². The monoisotopic (exact) mass is 161 g/mol. The maximum atomic E-state index is 11.6. The van der Waals surface area contributed by atoms with E-state index in [1.54, 1.807) is 0 Å². The van der Waals surface area contributed by atoms with Crippen LogP contribution in [0.3, 0.4) is 0 Å². The van der Waals surface area contributed by atoms with Crippen LogP contribution in [0.2, 0.25) is 0 Å². The lowest BCUT2D eigenvalue weighted by Gasteiger charge is -2.02. The van der Waals surface area contributed by atoms with Gasteiger partial charge < -0.3 is 5.73 Å². The van der Waals surface area contributed by atoms with Crippen LogP contribution in [0.15, 0.2) is 11.3 Å². The lowest BCUT2D eigenvalue weighted by molar-refractivity contribution is -0.0879. The Morgan fingerprint density at radius 1 is 1.18 bits per heavy atom. The highest BCUT2D eigenvalue weighted by atomic mass is 19.4. The molecule has 0 aromatic rings. The summed E-state index contributed by atoms with van der Waals surface area (Å²) >= 11 is 0.